The lowest BCUT2D eigenvalue weighted by Crippen LogP contribution is -2.22. The van der Waals surface area contributed by atoms with Crippen LogP contribution < -0.4 is 5.32 Å². The van der Waals surface area contributed by atoms with Gasteiger partial charge in [-0.05, 0) is 35.5 Å². The summed E-state index contributed by atoms with van der Waals surface area (Å²) in [6, 6.07) is 8.23. The van der Waals surface area contributed by atoms with Crippen LogP contribution in [0, 0.1) is 0 Å². The third kappa shape index (κ3) is 4.49. The first-order chi connectivity index (χ1) is 9.15. The molecule has 2 aromatic heterocycles. The second-order valence-electron chi connectivity index (χ2n) is 4.42. The van der Waals surface area contributed by atoms with Crippen LogP contribution in [0.1, 0.15) is 19.4 Å². The third-order valence-electron chi connectivity index (χ3n) is 2.45. The number of pyridine rings is 2. The summed E-state index contributed by atoms with van der Waals surface area (Å²) in [4.78, 5) is 8.70. The Bertz CT molecular complexity index is 528. The van der Waals surface area contributed by atoms with Crippen molar-refractivity contribution in [2.45, 2.75) is 36.5 Å². The first-order valence-electron chi connectivity index (χ1n) is 6.12. The molecule has 0 aliphatic carbocycles. The average Bonchev–Trinajstić information content (AvgIpc) is 2.40. The normalized spacial score (nSPS) is 10.9. The topological polar surface area (TPSA) is 37.8 Å². The standard InChI is InChI=1S/C14H16ClN3S/c1-10(2)17-8-11-4-3-7-16-14(11)19-13-6-5-12(15)9-18-13/h3-7,9-10,17H,8H2,1-2H3. The van der Waals surface area contributed by atoms with E-state index < -0.39 is 0 Å². The Morgan fingerprint density at radius 3 is 2.79 bits per heavy atom. The van der Waals surface area contributed by atoms with Crippen molar-refractivity contribution in [2.75, 3.05) is 0 Å². The smallest absolute Gasteiger partial charge is 0.107 e. The Kier molecular flexibility index (Phi) is 5.19. The molecular weight excluding hydrogens is 278 g/mol. The fourth-order valence-electron chi connectivity index (χ4n) is 1.49. The summed E-state index contributed by atoms with van der Waals surface area (Å²) in [5.74, 6) is 0. The van der Waals surface area contributed by atoms with Gasteiger partial charge < -0.3 is 5.32 Å². The lowest BCUT2D eigenvalue weighted by Gasteiger charge is -2.11. The molecule has 0 radical (unpaired) electrons. The van der Waals surface area contributed by atoms with Crippen molar-refractivity contribution in [3.05, 3.63) is 47.2 Å². The molecule has 0 aliphatic heterocycles. The summed E-state index contributed by atoms with van der Waals surface area (Å²) >= 11 is 7.39. The molecule has 0 aliphatic rings. The molecule has 2 aromatic rings. The van der Waals surface area contributed by atoms with Crippen molar-refractivity contribution in [3.63, 3.8) is 0 Å². The van der Waals surface area contributed by atoms with E-state index >= 15 is 0 Å². The zero-order valence-electron chi connectivity index (χ0n) is 10.9. The van der Waals surface area contributed by atoms with Crippen molar-refractivity contribution in [1.29, 1.82) is 0 Å². The van der Waals surface area contributed by atoms with Gasteiger partial charge in [-0.25, -0.2) is 9.97 Å². The molecular formula is C14H16ClN3S. The molecule has 2 heterocycles. The second-order valence-corrected chi connectivity index (χ2v) is 5.87. The van der Waals surface area contributed by atoms with Crippen molar-refractivity contribution < 1.29 is 0 Å². The van der Waals surface area contributed by atoms with Crippen LogP contribution in [0.5, 0.6) is 0 Å². The highest BCUT2D eigenvalue weighted by Gasteiger charge is 2.07. The maximum Gasteiger partial charge on any atom is 0.107 e. The summed E-state index contributed by atoms with van der Waals surface area (Å²) < 4.78 is 0. The molecule has 100 valence electrons. The van der Waals surface area contributed by atoms with Gasteiger partial charge in [0, 0.05) is 25.0 Å². The van der Waals surface area contributed by atoms with E-state index in [4.69, 9.17) is 11.6 Å². The SMILES string of the molecule is CC(C)NCc1cccnc1Sc1ccc(Cl)cn1. The van der Waals surface area contributed by atoms with Gasteiger partial charge in [-0.15, -0.1) is 0 Å². The molecule has 0 aromatic carbocycles. The molecule has 0 saturated carbocycles. The predicted molar refractivity (Wildman–Crippen MR) is 79.6 cm³/mol. The van der Waals surface area contributed by atoms with E-state index in [1.54, 1.807) is 24.2 Å². The molecule has 3 nitrogen and oxygen atoms in total. The molecule has 0 atom stereocenters. The first kappa shape index (κ1) is 14.3. The molecule has 19 heavy (non-hydrogen) atoms. The van der Waals surface area contributed by atoms with E-state index in [9.17, 15) is 0 Å². The predicted octanol–water partition coefficient (Wildman–Crippen LogP) is 3.78. The highest BCUT2D eigenvalue weighted by molar-refractivity contribution is 7.99. The van der Waals surface area contributed by atoms with Crippen LogP contribution in [-0.4, -0.2) is 16.0 Å². The Morgan fingerprint density at radius 1 is 1.26 bits per heavy atom. The maximum absolute atomic E-state index is 5.83. The minimum Gasteiger partial charge on any atom is -0.310 e. The van der Waals surface area contributed by atoms with Crippen LogP contribution in [0.4, 0.5) is 0 Å². The number of rotatable bonds is 5. The van der Waals surface area contributed by atoms with Gasteiger partial charge in [-0.2, -0.15) is 0 Å². The highest BCUT2D eigenvalue weighted by Crippen LogP contribution is 2.27. The lowest BCUT2D eigenvalue weighted by molar-refractivity contribution is 0.582. The van der Waals surface area contributed by atoms with Crippen LogP contribution in [0.3, 0.4) is 0 Å². The fraction of sp³-hybridized carbons (Fsp3) is 0.286. The molecule has 0 fully saturated rings. The average molecular weight is 294 g/mol. The van der Waals surface area contributed by atoms with Gasteiger partial charge in [0.15, 0.2) is 0 Å². The van der Waals surface area contributed by atoms with Crippen molar-refractivity contribution >= 4 is 23.4 Å². The quantitative estimate of drug-likeness (QED) is 0.910. The van der Waals surface area contributed by atoms with E-state index in [1.165, 1.54) is 5.56 Å². The van der Waals surface area contributed by atoms with Gasteiger partial charge in [-0.1, -0.05) is 31.5 Å². The third-order valence-corrected chi connectivity index (χ3v) is 3.69. The lowest BCUT2D eigenvalue weighted by atomic mass is 10.2. The zero-order valence-corrected chi connectivity index (χ0v) is 12.5. The van der Waals surface area contributed by atoms with Crippen molar-refractivity contribution in [2.24, 2.45) is 0 Å². The molecule has 0 spiro atoms. The molecule has 0 bridgehead atoms. The zero-order chi connectivity index (χ0) is 13.7. The minimum absolute atomic E-state index is 0.451. The largest absolute Gasteiger partial charge is 0.310 e. The summed E-state index contributed by atoms with van der Waals surface area (Å²) in [6.07, 6.45) is 3.45. The Balaban J connectivity index is 2.13. The Hall–Kier alpha value is -1.10. The van der Waals surface area contributed by atoms with Gasteiger partial charge in [0.1, 0.15) is 10.1 Å². The van der Waals surface area contributed by atoms with Crippen LogP contribution in [0.15, 0.2) is 46.7 Å². The van der Waals surface area contributed by atoms with Gasteiger partial charge in [-0.3, -0.25) is 0 Å². The van der Waals surface area contributed by atoms with E-state index in [-0.39, 0.29) is 0 Å². The van der Waals surface area contributed by atoms with Gasteiger partial charge in [0.2, 0.25) is 0 Å². The molecule has 0 amide bonds. The number of aromatic nitrogens is 2. The second kappa shape index (κ2) is 6.89. The first-order valence-corrected chi connectivity index (χ1v) is 7.31. The molecule has 1 N–H and O–H groups in total. The summed E-state index contributed by atoms with van der Waals surface area (Å²) in [7, 11) is 0. The van der Waals surface area contributed by atoms with E-state index in [0.29, 0.717) is 11.1 Å². The Labute approximate surface area is 122 Å². The summed E-state index contributed by atoms with van der Waals surface area (Å²) in [6.45, 7) is 5.06. The molecule has 2 rings (SSSR count). The van der Waals surface area contributed by atoms with E-state index in [0.717, 1.165) is 16.6 Å². The molecule has 5 heteroatoms. The molecule has 0 saturated heterocycles. The van der Waals surface area contributed by atoms with E-state index in [2.05, 4.69) is 35.2 Å². The summed E-state index contributed by atoms with van der Waals surface area (Å²) in [5, 5.41) is 5.92. The van der Waals surface area contributed by atoms with Gasteiger partial charge in [0.25, 0.3) is 0 Å². The maximum atomic E-state index is 5.83. The Morgan fingerprint density at radius 2 is 2.11 bits per heavy atom. The minimum atomic E-state index is 0.451. The number of halogens is 1. The van der Waals surface area contributed by atoms with Crippen LogP contribution in [-0.2, 0) is 6.54 Å². The monoisotopic (exact) mass is 293 g/mol. The summed E-state index contributed by atoms with van der Waals surface area (Å²) in [5.41, 5.74) is 1.18. The highest BCUT2D eigenvalue weighted by atomic mass is 35.5. The van der Waals surface area contributed by atoms with Gasteiger partial charge in [0.05, 0.1) is 5.02 Å². The van der Waals surface area contributed by atoms with Crippen LogP contribution >= 0.6 is 23.4 Å². The number of nitrogens with zero attached hydrogens (tertiary/aromatic N) is 2. The van der Waals surface area contributed by atoms with E-state index in [1.807, 2.05) is 18.2 Å². The number of nitrogens with one attached hydrogen (secondary N) is 1. The fourth-order valence-corrected chi connectivity index (χ4v) is 2.42. The van der Waals surface area contributed by atoms with Crippen molar-refractivity contribution in [1.82, 2.24) is 15.3 Å². The molecule has 0 unspecified atom stereocenters. The van der Waals surface area contributed by atoms with Crippen LogP contribution in [0.2, 0.25) is 5.02 Å². The number of hydrogen-bond acceptors (Lipinski definition) is 4. The van der Waals surface area contributed by atoms with Crippen molar-refractivity contribution in [3.8, 4) is 0 Å². The number of hydrogen-bond donors (Lipinski definition) is 1. The van der Waals surface area contributed by atoms with Crippen LogP contribution in [0.25, 0.3) is 0 Å². The van der Waals surface area contributed by atoms with Gasteiger partial charge >= 0.3 is 0 Å².